The fourth-order valence-corrected chi connectivity index (χ4v) is 2.36. The first-order valence-electron chi connectivity index (χ1n) is 5.88. The molecule has 0 aliphatic carbocycles. The molecule has 4 nitrogen and oxygen atoms in total. The molecular weight excluding hydrogens is 214 g/mol. The number of benzene rings is 1. The average Bonchev–Trinajstić information content (AvgIpc) is 2.88. The van der Waals surface area contributed by atoms with E-state index < -0.39 is 0 Å². The van der Waals surface area contributed by atoms with Gasteiger partial charge in [0.2, 0.25) is 0 Å². The van der Waals surface area contributed by atoms with Crippen LogP contribution in [0.5, 0.6) is 0 Å². The summed E-state index contributed by atoms with van der Waals surface area (Å²) in [7, 11) is 0. The Hall–Kier alpha value is -1.84. The van der Waals surface area contributed by atoms with Gasteiger partial charge in [-0.3, -0.25) is 9.80 Å². The molecule has 0 saturated carbocycles. The summed E-state index contributed by atoms with van der Waals surface area (Å²) >= 11 is 0. The Labute approximate surface area is 99.5 Å². The second-order valence-electron chi connectivity index (χ2n) is 4.65. The minimum Gasteiger partial charge on any atom is -0.299 e. The van der Waals surface area contributed by atoms with Gasteiger partial charge >= 0.3 is 0 Å². The first-order valence-corrected chi connectivity index (χ1v) is 5.88. The van der Waals surface area contributed by atoms with E-state index in [4.69, 9.17) is 0 Å². The fraction of sp³-hybridized carbons (Fsp3) is 0.385. The highest BCUT2D eigenvalue weighted by atomic mass is 16.1. The molecule has 0 N–H and O–H groups in total. The number of rotatable bonds is 1. The first-order chi connectivity index (χ1) is 8.11. The molecule has 0 radical (unpaired) electrons. The van der Waals surface area contributed by atoms with Gasteiger partial charge in [-0.15, -0.1) is 0 Å². The van der Waals surface area contributed by atoms with Crippen molar-refractivity contribution in [2.75, 3.05) is 5.01 Å². The molecule has 1 fully saturated rings. The molecule has 4 heteroatoms. The second-order valence-corrected chi connectivity index (χ2v) is 4.65. The van der Waals surface area contributed by atoms with Crippen LogP contribution < -0.4 is 10.6 Å². The van der Waals surface area contributed by atoms with E-state index in [9.17, 15) is 4.79 Å². The van der Waals surface area contributed by atoms with Gasteiger partial charge in [0.05, 0.1) is 23.0 Å². The largest absolute Gasteiger partial charge is 0.299 e. The summed E-state index contributed by atoms with van der Waals surface area (Å²) in [5.74, 6) is 0.755. The molecule has 1 aliphatic heterocycles. The summed E-state index contributed by atoms with van der Waals surface area (Å²) in [4.78, 5) is 16.9. The summed E-state index contributed by atoms with van der Waals surface area (Å²) in [5.41, 5.74) is 0.803. The Kier molecular flexibility index (Phi) is 2.02. The van der Waals surface area contributed by atoms with E-state index in [1.807, 2.05) is 31.2 Å². The Morgan fingerprint density at radius 2 is 1.82 bits per heavy atom. The minimum atomic E-state index is 0.0318. The predicted molar refractivity (Wildman–Crippen MR) is 67.9 cm³/mol. The Balaban J connectivity index is 2.29. The van der Waals surface area contributed by atoms with Crippen LogP contribution in [0.1, 0.15) is 19.7 Å². The maximum absolute atomic E-state index is 12.4. The molecule has 17 heavy (non-hydrogen) atoms. The van der Waals surface area contributed by atoms with Crippen molar-refractivity contribution in [1.82, 2.24) is 9.66 Å². The zero-order valence-corrected chi connectivity index (χ0v) is 10.2. The minimum absolute atomic E-state index is 0.0318. The summed E-state index contributed by atoms with van der Waals surface area (Å²) < 4.78 is 1.71. The van der Waals surface area contributed by atoms with Crippen molar-refractivity contribution in [3.05, 3.63) is 40.4 Å². The summed E-state index contributed by atoms with van der Waals surface area (Å²) in [6.45, 7) is 6.11. The lowest BCUT2D eigenvalue weighted by molar-refractivity contribution is 0.705. The van der Waals surface area contributed by atoms with Crippen molar-refractivity contribution < 1.29 is 0 Å². The first kappa shape index (κ1) is 10.3. The molecule has 1 aliphatic rings. The van der Waals surface area contributed by atoms with E-state index >= 15 is 0 Å². The van der Waals surface area contributed by atoms with Crippen molar-refractivity contribution in [3.8, 4) is 0 Å². The fourth-order valence-electron chi connectivity index (χ4n) is 2.36. The summed E-state index contributed by atoms with van der Waals surface area (Å²) in [6.07, 6.45) is 0. The molecule has 2 heterocycles. The molecule has 1 aromatic carbocycles. The molecule has 2 atom stereocenters. The van der Waals surface area contributed by atoms with Crippen LogP contribution in [0.3, 0.4) is 0 Å². The zero-order valence-electron chi connectivity index (χ0n) is 10.2. The molecule has 3 rings (SSSR count). The SMILES string of the molecule is Cc1nc2ccccc2c(=O)n1N1C(C)C1C. The van der Waals surface area contributed by atoms with Crippen molar-refractivity contribution in [2.24, 2.45) is 0 Å². The quantitative estimate of drug-likeness (QED) is 0.694. The predicted octanol–water partition coefficient (Wildman–Crippen LogP) is 1.43. The summed E-state index contributed by atoms with van der Waals surface area (Å²) in [6, 6.07) is 8.31. The number of hydrogen-bond acceptors (Lipinski definition) is 3. The van der Waals surface area contributed by atoms with Crippen LogP contribution in [0.4, 0.5) is 0 Å². The monoisotopic (exact) mass is 229 g/mol. The van der Waals surface area contributed by atoms with E-state index in [0.29, 0.717) is 17.5 Å². The molecule has 1 aromatic heterocycles. The van der Waals surface area contributed by atoms with Gasteiger partial charge < -0.3 is 0 Å². The highest BCUT2D eigenvalue weighted by molar-refractivity contribution is 5.77. The third-order valence-electron chi connectivity index (χ3n) is 3.59. The third-order valence-corrected chi connectivity index (χ3v) is 3.59. The Morgan fingerprint density at radius 1 is 1.18 bits per heavy atom. The van der Waals surface area contributed by atoms with Gasteiger partial charge in [-0.05, 0) is 32.9 Å². The van der Waals surface area contributed by atoms with Gasteiger partial charge in [-0.2, -0.15) is 0 Å². The van der Waals surface area contributed by atoms with Crippen LogP contribution in [0.2, 0.25) is 0 Å². The summed E-state index contributed by atoms with van der Waals surface area (Å²) in [5, 5.41) is 2.75. The van der Waals surface area contributed by atoms with Gasteiger partial charge in [-0.1, -0.05) is 12.1 Å². The van der Waals surface area contributed by atoms with Crippen molar-refractivity contribution >= 4 is 10.9 Å². The van der Waals surface area contributed by atoms with Gasteiger partial charge in [0, 0.05) is 0 Å². The van der Waals surface area contributed by atoms with Gasteiger partial charge in [-0.25, -0.2) is 9.66 Å². The van der Waals surface area contributed by atoms with E-state index in [1.54, 1.807) is 4.68 Å². The molecule has 88 valence electrons. The van der Waals surface area contributed by atoms with Crippen molar-refractivity contribution in [3.63, 3.8) is 0 Å². The number of hydrogen-bond donors (Lipinski definition) is 0. The maximum Gasteiger partial charge on any atom is 0.280 e. The number of aromatic nitrogens is 2. The number of fused-ring (bicyclic) bond motifs is 1. The molecule has 2 unspecified atom stereocenters. The van der Waals surface area contributed by atoms with Crippen molar-refractivity contribution in [2.45, 2.75) is 32.9 Å². The van der Waals surface area contributed by atoms with Crippen LogP contribution >= 0.6 is 0 Å². The number of nitrogens with zero attached hydrogens (tertiary/aromatic N) is 3. The van der Waals surface area contributed by atoms with Crippen LogP contribution in [-0.2, 0) is 0 Å². The normalized spacial score (nSPS) is 23.1. The van der Waals surface area contributed by atoms with Gasteiger partial charge in [0.15, 0.2) is 0 Å². The van der Waals surface area contributed by atoms with Crippen LogP contribution in [0, 0.1) is 6.92 Å². The molecule has 0 amide bonds. The standard InChI is InChI=1S/C13H15N3O/c1-8-9(2)15(8)16-10(3)14-12-7-5-4-6-11(12)13(16)17/h4-9H,1-3H3. The number of para-hydroxylation sites is 1. The molecule has 0 spiro atoms. The van der Waals surface area contributed by atoms with Crippen LogP contribution in [0.25, 0.3) is 10.9 Å². The van der Waals surface area contributed by atoms with E-state index in [1.165, 1.54) is 0 Å². The van der Waals surface area contributed by atoms with Crippen molar-refractivity contribution in [1.29, 1.82) is 0 Å². The average molecular weight is 229 g/mol. The second kappa shape index (κ2) is 3.32. The zero-order chi connectivity index (χ0) is 12.2. The molecule has 2 aromatic rings. The molecule has 0 bridgehead atoms. The molecular formula is C13H15N3O. The maximum atomic E-state index is 12.4. The smallest absolute Gasteiger partial charge is 0.280 e. The van der Waals surface area contributed by atoms with Crippen LogP contribution in [-0.4, -0.2) is 21.7 Å². The lowest BCUT2D eigenvalue weighted by Gasteiger charge is -2.13. The lowest BCUT2D eigenvalue weighted by Crippen LogP contribution is -2.33. The van der Waals surface area contributed by atoms with E-state index in [-0.39, 0.29) is 5.56 Å². The topological polar surface area (TPSA) is 37.9 Å². The highest BCUT2D eigenvalue weighted by Gasteiger charge is 2.42. The lowest BCUT2D eigenvalue weighted by atomic mass is 10.2. The van der Waals surface area contributed by atoms with Crippen LogP contribution in [0.15, 0.2) is 29.1 Å². The van der Waals surface area contributed by atoms with Gasteiger partial charge in [0.25, 0.3) is 5.56 Å². The number of aryl methyl sites for hydroxylation is 1. The highest BCUT2D eigenvalue weighted by Crippen LogP contribution is 2.24. The third kappa shape index (κ3) is 1.37. The Morgan fingerprint density at radius 3 is 2.47 bits per heavy atom. The van der Waals surface area contributed by atoms with E-state index in [0.717, 1.165) is 11.3 Å². The van der Waals surface area contributed by atoms with Gasteiger partial charge in [0.1, 0.15) is 5.82 Å². The van der Waals surface area contributed by atoms with E-state index in [2.05, 4.69) is 23.8 Å². The Bertz CT molecular complexity index is 639. The molecule has 1 saturated heterocycles.